The summed E-state index contributed by atoms with van der Waals surface area (Å²) in [6.07, 6.45) is 14.6. The number of hydrogen-bond donors (Lipinski definition) is 2. The maximum atomic E-state index is 13.8. The van der Waals surface area contributed by atoms with Gasteiger partial charge in [-0.15, -0.1) is 0 Å². The first kappa shape index (κ1) is 39.4. The highest BCUT2D eigenvalue weighted by Gasteiger charge is 2.41. The van der Waals surface area contributed by atoms with Crippen molar-refractivity contribution in [1.29, 1.82) is 0 Å². The van der Waals surface area contributed by atoms with Crippen molar-refractivity contribution in [2.45, 2.75) is 96.9 Å². The van der Waals surface area contributed by atoms with Crippen LogP contribution in [-0.2, 0) is 9.53 Å². The SMILES string of the molecule is CCCCCCCCCCCCCCOC(=O)c1cc(Cl)c(N2NC(=Nc3ccc(Cl)cc3Cl)C(N=Nc3ccc(O)c(C)c3)C2=O)c(Cl)c1. The maximum Gasteiger partial charge on any atom is 0.338 e. The van der Waals surface area contributed by atoms with Crippen LogP contribution in [0.15, 0.2) is 63.8 Å². The first-order chi connectivity index (χ1) is 24.1. The first-order valence-electron chi connectivity index (χ1n) is 17.1. The number of amidine groups is 1. The monoisotopic (exact) mass is 761 g/mol. The lowest BCUT2D eigenvalue weighted by atomic mass is 10.1. The van der Waals surface area contributed by atoms with E-state index >= 15 is 0 Å². The summed E-state index contributed by atoms with van der Waals surface area (Å²) in [6.45, 7) is 4.25. The van der Waals surface area contributed by atoms with Gasteiger partial charge < -0.3 is 9.84 Å². The Morgan fingerprint density at radius 2 is 1.46 bits per heavy atom. The molecular weight excluding hydrogens is 720 g/mol. The largest absolute Gasteiger partial charge is 0.508 e. The minimum atomic E-state index is -1.23. The second-order valence-corrected chi connectivity index (χ2v) is 13.9. The molecule has 1 heterocycles. The molecule has 13 heteroatoms. The van der Waals surface area contributed by atoms with Crippen LogP contribution in [0.2, 0.25) is 20.1 Å². The van der Waals surface area contributed by atoms with Crippen LogP contribution in [0.1, 0.15) is 99.9 Å². The van der Waals surface area contributed by atoms with Crippen molar-refractivity contribution in [3.8, 4) is 5.75 Å². The molecule has 1 fully saturated rings. The molecule has 2 N–H and O–H groups in total. The predicted octanol–water partition coefficient (Wildman–Crippen LogP) is 11.9. The number of phenolic OH excluding ortho intramolecular Hbond substituents is 1. The molecule has 1 aliphatic rings. The van der Waals surface area contributed by atoms with E-state index in [0.29, 0.717) is 28.6 Å². The van der Waals surface area contributed by atoms with Gasteiger partial charge in [0.05, 0.1) is 38.6 Å². The number of unbranched alkanes of at least 4 members (excludes halogenated alkanes) is 11. The normalized spacial score (nSPS) is 15.3. The lowest BCUT2D eigenvalue weighted by Gasteiger charge is -2.19. The Kier molecular flexibility index (Phi) is 15.7. The van der Waals surface area contributed by atoms with Crippen LogP contribution >= 0.6 is 46.4 Å². The van der Waals surface area contributed by atoms with Crippen LogP contribution in [0.5, 0.6) is 5.75 Å². The summed E-state index contributed by atoms with van der Waals surface area (Å²) in [7, 11) is 0. The third kappa shape index (κ3) is 11.3. The van der Waals surface area contributed by atoms with E-state index in [1.165, 1.54) is 82.1 Å². The number of phenols is 1. The number of nitrogens with zero attached hydrogens (tertiary/aromatic N) is 4. The van der Waals surface area contributed by atoms with Crippen molar-refractivity contribution >= 4 is 81.2 Å². The summed E-state index contributed by atoms with van der Waals surface area (Å²) in [6, 6.07) is 11.0. The van der Waals surface area contributed by atoms with Crippen molar-refractivity contribution in [2.24, 2.45) is 15.2 Å². The quantitative estimate of drug-likeness (QED) is 0.0760. The topological polar surface area (TPSA) is 116 Å². The number of aromatic hydroxyl groups is 1. The second-order valence-electron chi connectivity index (χ2n) is 12.3. The zero-order valence-corrected chi connectivity index (χ0v) is 31.4. The summed E-state index contributed by atoms with van der Waals surface area (Å²) >= 11 is 25.7. The van der Waals surface area contributed by atoms with Gasteiger partial charge in [-0.2, -0.15) is 10.2 Å². The summed E-state index contributed by atoms with van der Waals surface area (Å²) in [4.78, 5) is 31.2. The van der Waals surface area contributed by atoms with Gasteiger partial charge >= 0.3 is 5.97 Å². The smallest absolute Gasteiger partial charge is 0.338 e. The van der Waals surface area contributed by atoms with Gasteiger partial charge in [0.25, 0.3) is 5.91 Å². The third-order valence-electron chi connectivity index (χ3n) is 8.27. The number of aliphatic imine (C=N–C) groups is 1. The number of nitrogens with one attached hydrogen (secondary N) is 1. The average molecular weight is 764 g/mol. The van der Waals surface area contributed by atoms with Crippen LogP contribution in [0.25, 0.3) is 0 Å². The molecule has 3 aromatic rings. The maximum absolute atomic E-state index is 13.8. The molecule has 0 bridgehead atoms. The minimum absolute atomic E-state index is 0.0336. The van der Waals surface area contributed by atoms with Gasteiger partial charge in [0.1, 0.15) is 11.4 Å². The first-order valence-corrected chi connectivity index (χ1v) is 18.6. The molecule has 0 saturated carbocycles. The fraction of sp³-hybridized carbons (Fsp3) is 0.432. The number of esters is 1. The number of hydrogen-bond acceptors (Lipinski definition) is 7. The number of azo groups is 1. The Bertz CT molecular complexity index is 1680. The molecule has 1 atom stereocenters. The second kappa shape index (κ2) is 19.9. The van der Waals surface area contributed by atoms with Crippen molar-refractivity contribution < 1.29 is 19.4 Å². The molecule has 3 aromatic carbocycles. The van der Waals surface area contributed by atoms with Crippen LogP contribution in [0, 0.1) is 6.92 Å². The number of halogens is 4. The fourth-order valence-corrected chi connectivity index (χ4v) is 6.55. The van der Waals surface area contributed by atoms with E-state index in [2.05, 4.69) is 27.6 Å². The number of anilines is 1. The van der Waals surface area contributed by atoms with Crippen LogP contribution in [-0.4, -0.2) is 35.5 Å². The molecule has 1 aliphatic heterocycles. The molecule has 1 unspecified atom stereocenters. The van der Waals surface area contributed by atoms with E-state index in [1.54, 1.807) is 31.2 Å². The Hall–Kier alpha value is -3.37. The van der Waals surface area contributed by atoms with Crippen LogP contribution in [0.4, 0.5) is 17.1 Å². The average Bonchev–Trinajstić information content (AvgIpc) is 3.38. The molecule has 50 heavy (non-hydrogen) atoms. The molecular formula is C37H43Cl4N5O4. The number of amides is 1. The third-order valence-corrected chi connectivity index (χ3v) is 9.38. The number of ether oxygens (including phenoxy) is 1. The number of aryl methyl sites for hydroxylation is 1. The van der Waals surface area contributed by atoms with Gasteiger partial charge in [-0.25, -0.2) is 14.8 Å². The Balaban J connectivity index is 1.39. The van der Waals surface area contributed by atoms with Crippen molar-refractivity contribution in [2.75, 3.05) is 11.6 Å². The highest BCUT2D eigenvalue weighted by atomic mass is 35.5. The number of carbonyl (C=O) groups excluding carboxylic acids is 2. The van der Waals surface area contributed by atoms with E-state index in [-0.39, 0.29) is 37.9 Å². The molecule has 0 aliphatic carbocycles. The molecule has 0 radical (unpaired) electrons. The van der Waals surface area contributed by atoms with Crippen molar-refractivity contribution in [3.05, 3.63) is 79.7 Å². The summed E-state index contributed by atoms with van der Waals surface area (Å²) in [5, 5.41) is 20.2. The molecule has 1 amide bonds. The van der Waals surface area contributed by atoms with E-state index in [0.717, 1.165) is 24.3 Å². The number of carbonyl (C=O) groups is 2. The molecule has 4 rings (SSSR count). The summed E-state index contributed by atoms with van der Waals surface area (Å²) in [5.74, 6) is -0.940. The Labute approximate surface area is 314 Å². The van der Waals surface area contributed by atoms with E-state index < -0.39 is 17.9 Å². The fourth-order valence-electron chi connectivity index (χ4n) is 5.44. The van der Waals surface area contributed by atoms with Gasteiger partial charge in [-0.3, -0.25) is 10.2 Å². The van der Waals surface area contributed by atoms with Gasteiger partial charge in [-0.05, 0) is 67.4 Å². The van der Waals surface area contributed by atoms with Crippen LogP contribution < -0.4 is 10.4 Å². The zero-order valence-electron chi connectivity index (χ0n) is 28.4. The van der Waals surface area contributed by atoms with Gasteiger partial charge in [0.15, 0.2) is 5.84 Å². The van der Waals surface area contributed by atoms with E-state index in [9.17, 15) is 14.7 Å². The lowest BCUT2D eigenvalue weighted by Crippen LogP contribution is -2.36. The highest BCUT2D eigenvalue weighted by molar-refractivity contribution is 6.41. The van der Waals surface area contributed by atoms with Gasteiger partial charge in [0.2, 0.25) is 6.04 Å². The van der Waals surface area contributed by atoms with E-state index in [4.69, 9.17) is 51.1 Å². The highest BCUT2D eigenvalue weighted by Crippen LogP contribution is 2.37. The molecule has 268 valence electrons. The number of rotatable bonds is 18. The van der Waals surface area contributed by atoms with E-state index in [1.807, 2.05) is 0 Å². The van der Waals surface area contributed by atoms with Crippen molar-refractivity contribution in [3.63, 3.8) is 0 Å². The Morgan fingerprint density at radius 3 is 2.06 bits per heavy atom. The predicted molar refractivity (Wildman–Crippen MR) is 203 cm³/mol. The Morgan fingerprint density at radius 1 is 0.840 bits per heavy atom. The van der Waals surface area contributed by atoms with Crippen LogP contribution in [0.3, 0.4) is 0 Å². The molecule has 9 nitrogen and oxygen atoms in total. The van der Waals surface area contributed by atoms with Gasteiger partial charge in [0, 0.05) is 5.02 Å². The molecule has 0 spiro atoms. The standard InChI is InChI=1S/C37H43Cl4N5O4/c1-3-4-5-6-7-8-9-10-11-12-13-14-19-50-37(49)25-21-29(40)34(30(41)22-25)46-36(48)33(44-43-27-16-18-32(47)24(2)20-27)35(45-46)42-31-17-15-26(38)23-28(31)39/h15-18,20-23,33,47H,3-14,19H2,1-2H3,(H,42,45). The summed E-state index contributed by atoms with van der Waals surface area (Å²) in [5.41, 5.74) is 4.53. The minimum Gasteiger partial charge on any atom is -0.508 e. The van der Waals surface area contributed by atoms with Crippen molar-refractivity contribution in [1.82, 2.24) is 5.43 Å². The summed E-state index contributed by atoms with van der Waals surface area (Å²) < 4.78 is 5.49. The number of hydrazine groups is 1. The van der Waals surface area contributed by atoms with Gasteiger partial charge in [-0.1, -0.05) is 124 Å². The lowest BCUT2D eigenvalue weighted by molar-refractivity contribution is -0.117. The molecule has 0 aromatic heterocycles. The zero-order chi connectivity index (χ0) is 36.0. The molecule has 1 saturated heterocycles. The number of benzene rings is 3.